The average molecular weight is 411 g/mol. The molecule has 1 N–H and O–H groups in total. The zero-order valence-electron chi connectivity index (χ0n) is 18.6. The molecule has 3 rings (SSSR count). The number of para-hydroxylation sites is 1. The minimum Gasteiger partial charge on any atom is -0.497 e. The van der Waals surface area contributed by atoms with E-state index >= 15 is 0 Å². The van der Waals surface area contributed by atoms with Gasteiger partial charge in [-0.25, -0.2) is 0 Å². The van der Waals surface area contributed by atoms with Crippen molar-refractivity contribution >= 4 is 5.96 Å². The van der Waals surface area contributed by atoms with Crippen LogP contribution in [0, 0.1) is 0 Å². The highest BCUT2D eigenvalue weighted by atomic mass is 16.5. The number of nitrogens with one attached hydrogen (secondary N) is 1. The predicted molar refractivity (Wildman–Crippen MR) is 123 cm³/mol. The van der Waals surface area contributed by atoms with Crippen molar-refractivity contribution < 1.29 is 9.47 Å². The number of rotatable bonds is 8. The van der Waals surface area contributed by atoms with E-state index in [9.17, 15) is 0 Å². The van der Waals surface area contributed by atoms with Gasteiger partial charge in [0.25, 0.3) is 0 Å². The number of aliphatic imine (C=N–C) groups is 1. The van der Waals surface area contributed by atoms with Crippen LogP contribution in [-0.4, -0.2) is 70.3 Å². The molecule has 1 aliphatic heterocycles. The summed E-state index contributed by atoms with van der Waals surface area (Å²) in [5, 5.41) is 3.52. The van der Waals surface area contributed by atoms with E-state index in [0.717, 1.165) is 49.1 Å². The van der Waals surface area contributed by atoms with Crippen LogP contribution in [0.2, 0.25) is 0 Å². The number of nitrogens with zero attached hydrogens (tertiary/aromatic N) is 3. The first-order valence-corrected chi connectivity index (χ1v) is 10.6. The highest BCUT2D eigenvalue weighted by Crippen LogP contribution is 2.28. The predicted octanol–water partition coefficient (Wildman–Crippen LogP) is 3.20. The van der Waals surface area contributed by atoms with Gasteiger partial charge in [-0.3, -0.25) is 4.99 Å². The smallest absolute Gasteiger partial charge is 0.193 e. The number of hydrogen-bond acceptors (Lipinski definition) is 4. The number of benzene rings is 2. The van der Waals surface area contributed by atoms with Crippen molar-refractivity contribution in [2.45, 2.75) is 18.9 Å². The molecule has 0 aliphatic carbocycles. The topological polar surface area (TPSA) is 49.3 Å². The molecule has 0 spiro atoms. The Morgan fingerprint density at radius 3 is 2.63 bits per heavy atom. The third-order valence-corrected chi connectivity index (χ3v) is 5.49. The number of hydrogen-bond donors (Lipinski definition) is 1. The van der Waals surface area contributed by atoms with Crippen LogP contribution in [0.5, 0.6) is 11.5 Å². The Balaban J connectivity index is 1.56. The maximum Gasteiger partial charge on any atom is 0.193 e. The summed E-state index contributed by atoms with van der Waals surface area (Å²) in [6.45, 7) is 4.22. The van der Waals surface area contributed by atoms with Crippen LogP contribution in [0.4, 0.5) is 0 Å². The monoisotopic (exact) mass is 410 g/mol. The van der Waals surface area contributed by atoms with Crippen LogP contribution in [-0.2, 0) is 6.54 Å². The quantitative estimate of drug-likeness (QED) is 0.535. The van der Waals surface area contributed by atoms with Crippen LogP contribution in [0.25, 0.3) is 0 Å². The van der Waals surface area contributed by atoms with Gasteiger partial charge in [-0.15, -0.1) is 0 Å². The highest BCUT2D eigenvalue weighted by molar-refractivity contribution is 5.80. The zero-order valence-corrected chi connectivity index (χ0v) is 18.6. The molecule has 6 heteroatoms. The van der Waals surface area contributed by atoms with E-state index in [4.69, 9.17) is 9.47 Å². The normalized spacial score (nSPS) is 16.8. The first-order valence-electron chi connectivity index (χ1n) is 10.6. The van der Waals surface area contributed by atoms with Gasteiger partial charge >= 0.3 is 0 Å². The van der Waals surface area contributed by atoms with Crippen molar-refractivity contribution in [1.29, 1.82) is 0 Å². The molecule has 1 saturated heterocycles. The Labute approximate surface area is 180 Å². The molecule has 1 aliphatic rings. The van der Waals surface area contributed by atoms with Crippen LogP contribution in [0.1, 0.15) is 23.5 Å². The Morgan fingerprint density at radius 2 is 1.93 bits per heavy atom. The lowest BCUT2D eigenvalue weighted by Crippen LogP contribution is -2.39. The maximum absolute atomic E-state index is 5.99. The SMILES string of the molecule is CN=C(NCc1ccccc1OCCN(C)C)N1CCC(c2ccc(OC)cc2)C1. The number of methoxy groups -OCH3 is 1. The van der Waals surface area contributed by atoms with Gasteiger partial charge in [0.1, 0.15) is 18.1 Å². The summed E-state index contributed by atoms with van der Waals surface area (Å²) in [6, 6.07) is 16.6. The Kier molecular flexibility index (Phi) is 7.97. The molecular formula is C24H34N4O2. The lowest BCUT2D eigenvalue weighted by molar-refractivity contribution is 0.259. The van der Waals surface area contributed by atoms with Gasteiger partial charge in [0, 0.05) is 44.7 Å². The molecule has 162 valence electrons. The second kappa shape index (κ2) is 10.9. The molecule has 1 unspecified atom stereocenters. The lowest BCUT2D eigenvalue weighted by atomic mass is 9.98. The molecule has 0 bridgehead atoms. The van der Waals surface area contributed by atoms with Crippen LogP contribution >= 0.6 is 0 Å². The van der Waals surface area contributed by atoms with Crippen molar-refractivity contribution in [3.05, 3.63) is 59.7 Å². The molecule has 2 aromatic rings. The minimum atomic E-state index is 0.510. The Morgan fingerprint density at radius 1 is 1.17 bits per heavy atom. The van der Waals surface area contributed by atoms with Gasteiger partial charge in [-0.05, 0) is 44.3 Å². The van der Waals surface area contributed by atoms with Gasteiger partial charge in [-0.2, -0.15) is 0 Å². The largest absolute Gasteiger partial charge is 0.497 e. The summed E-state index contributed by atoms with van der Waals surface area (Å²) in [7, 11) is 7.65. The molecule has 0 radical (unpaired) electrons. The molecule has 0 aromatic heterocycles. The number of guanidine groups is 1. The molecule has 0 amide bonds. The number of ether oxygens (including phenoxy) is 2. The van der Waals surface area contributed by atoms with Crippen molar-refractivity contribution in [3.8, 4) is 11.5 Å². The highest BCUT2D eigenvalue weighted by Gasteiger charge is 2.26. The fourth-order valence-corrected chi connectivity index (χ4v) is 3.74. The standard InChI is InChI=1S/C24H34N4O2/c1-25-24(26-17-20-7-5-6-8-23(20)30-16-15-27(2)3)28-14-13-21(18-28)19-9-11-22(29-4)12-10-19/h5-12,21H,13-18H2,1-4H3,(H,25,26). The van der Waals surface area contributed by atoms with Gasteiger partial charge in [0.05, 0.1) is 7.11 Å². The number of likely N-dealkylation sites (tertiary alicyclic amines) is 1. The average Bonchev–Trinajstić information content (AvgIpc) is 3.25. The van der Waals surface area contributed by atoms with Gasteiger partial charge in [-0.1, -0.05) is 30.3 Å². The van der Waals surface area contributed by atoms with E-state index in [2.05, 4.69) is 52.4 Å². The maximum atomic E-state index is 5.99. The van der Waals surface area contributed by atoms with E-state index in [1.807, 2.05) is 37.4 Å². The van der Waals surface area contributed by atoms with Gasteiger partial charge in [0.2, 0.25) is 0 Å². The third kappa shape index (κ3) is 5.89. The molecule has 2 aromatic carbocycles. The Hall–Kier alpha value is -2.73. The summed E-state index contributed by atoms with van der Waals surface area (Å²) in [4.78, 5) is 8.98. The molecular weight excluding hydrogens is 376 g/mol. The van der Waals surface area contributed by atoms with Crippen molar-refractivity contribution in [2.75, 3.05) is 54.5 Å². The lowest BCUT2D eigenvalue weighted by Gasteiger charge is -2.22. The van der Waals surface area contributed by atoms with Crippen LogP contribution in [0.15, 0.2) is 53.5 Å². The molecule has 1 fully saturated rings. The van der Waals surface area contributed by atoms with Crippen molar-refractivity contribution in [3.63, 3.8) is 0 Å². The summed E-state index contributed by atoms with van der Waals surface area (Å²) in [5.74, 6) is 3.28. The summed E-state index contributed by atoms with van der Waals surface area (Å²) < 4.78 is 11.3. The first kappa shape index (κ1) is 22.0. The van der Waals surface area contributed by atoms with Crippen LogP contribution < -0.4 is 14.8 Å². The summed E-state index contributed by atoms with van der Waals surface area (Å²) in [5.41, 5.74) is 2.50. The van der Waals surface area contributed by atoms with Crippen molar-refractivity contribution in [2.24, 2.45) is 4.99 Å². The molecule has 6 nitrogen and oxygen atoms in total. The summed E-state index contributed by atoms with van der Waals surface area (Å²) in [6.07, 6.45) is 1.12. The van der Waals surface area contributed by atoms with E-state index in [0.29, 0.717) is 19.1 Å². The van der Waals surface area contributed by atoms with Crippen LogP contribution in [0.3, 0.4) is 0 Å². The fourth-order valence-electron chi connectivity index (χ4n) is 3.74. The number of likely N-dealkylation sites (N-methyl/N-ethyl adjacent to an activating group) is 1. The van der Waals surface area contributed by atoms with E-state index < -0.39 is 0 Å². The first-order chi connectivity index (χ1) is 14.6. The van der Waals surface area contributed by atoms with Crippen molar-refractivity contribution in [1.82, 2.24) is 15.1 Å². The van der Waals surface area contributed by atoms with Gasteiger partial charge in [0.15, 0.2) is 5.96 Å². The fraction of sp³-hybridized carbons (Fsp3) is 0.458. The molecule has 1 atom stereocenters. The molecule has 0 saturated carbocycles. The zero-order chi connectivity index (χ0) is 21.3. The second-order valence-electron chi connectivity index (χ2n) is 7.87. The van der Waals surface area contributed by atoms with E-state index in [1.165, 1.54) is 5.56 Å². The molecule has 1 heterocycles. The summed E-state index contributed by atoms with van der Waals surface area (Å²) >= 11 is 0. The molecule has 30 heavy (non-hydrogen) atoms. The van der Waals surface area contributed by atoms with Gasteiger partial charge < -0.3 is 24.6 Å². The van der Waals surface area contributed by atoms with E-state index in [1.54, 1.807) is 7.11 Å². The third-order valence-electron chi connectivity index (χ3n) is 5.49. The minimum absolute atomic E-state index is 0.510. The second-order valence-corrected chi connectivity index (χ2v) is 7.87. The van der Waals surface area contributed by atoms with E-state index in [-0.39, 0.29) is 0 Å². The Bertz CT molecular complexity index is 820.